The lowest BCUT2D eigenvalue weighted by Crippen LogP contribution is -2.06. The van der Waals surface area contributed by atoms with E-state index in [2.05, 4.69) is 0 Å². The van der Waals surface area contributed by atoms with Crippen LogP contribution in [0.25, 0.3) is 0 Å². The minimum atomic E-state index is -0.560. The molecule has 0 amide bonds. The summed E-state index contributed by atoms with van der Waals surface area (Å²) in [4.78, 5) is 12.3. The Morgan fingerprint density at radius 2 is 2.00 bits per heavy atom. The number of anilines is 1. The van der Waals surface area contributed by atoms with E-state index in [0.29, 0.717) is 16.8 Å². The lowest BCUT2D eigenvalue weighted by molar-refractivity contribution is 0.103. The van der Waals surface area contributed by atoms with Crippen LogP contribution >= 0.6 is 0 Å². The van der Waals surface area contributed by atoms with Crippen molar-refractivity contribution in [1.29, 1.82) is 0 Å². The Morgan fingerprint density at radius 3 is 2.63 bits per heavy atom. The van der Waals surface area contributed by atoms with Crippen molar-refractivity contribution < 1.29 is 13.9 Å². The van der Waals surface area contributed by atoms with Crippen molar-refractivity contribution in [2.75, 3.05) is 12.8 Å². The van der Waals surface area contributed by atoms with Gasteiger partial charge in [-0.1, -0.05) is 12.1 Å². The molecule has 2 aromatic rings. The van der Waals surface area contributed by atoms with E-state index in [-0.39, 0.29) is 17.1 Å². The van der Waals surface area contributed by atoms with Crippen molar-refractivity contribution in [2.24, 2.45) is 0 Å². The van der Waals surface area contributed by atoms with E-state index in [4.69, 9.17) is 10.5 Å². The predicted octanol–water partition coefficient (Wildman–Crippen LogP) is 2.96. The van der Waals surface area contributed by atoms with Gasteiger partial charge in [0.25, 0.3) is 0 Å². The first-order chi connectivity index (χ1) is 9.04. The van der Waals surface area contributed by atoms with E-state index in [1.54, 1.807) is 25.1 Å². The number of carbonyl (C=O) groups excluding carboxylic acids is 1. The van der Waals surface area contributed by atoms with E-state index >= 15 is 0 Å². The maximum Gasteiger partial charge on any atom is 0.193 e. The first kappa shape index (κ1) is 13.1. The third-order valence-corrected chi connectivity index (χ3v) is 3.03. The zero-order valence-corrected chi connectivity index (χ0v) is 10.7. The summed E-state index contributed by atoms with van der Waals surface area (Å²) in [5.74, 6) is -0.706. The first-order valence-electron chi connectivity index (χ1n) is 5.78. The van der Waals surface area contributed by atoms with Crippen LogP contribution in [0.3, 0.4) is 0 Å². The number of ether oxygens (including phenoxy) is 1. The number of hydrogen-bond donors (Lipinski definition) is 1. The van der Waals surface area contributed by atoms with Crippen molar-refractivity contribution in [1.82, 2.24) is 0 Å². The van der Waals surface area contributed by atoms with E-state index < -0.39 is 5.82 Å². The molecule has 0 atom stereocenters. The second-order valence-corrected chi connectivity index (χ2v) is 4.20. The average molecular weight is 259 g/mol. The molecule has 0 aromatic heterocycles. The van der Waals surface area contributed by atoms with E-state index in [1.165, 1.54) is 25.3 Å². The monoisotopic (exact) mass is 259 g/mol. The van der Waals surface area contributed by atoms with Crippen LogP contribution in [0.2, 0.25) is 0 Å². The molecule has 4 heteroatoms. The third kappa shape index (κ3) is 2.42. The van der Waals surface area contributed by atoms with Gasteiger partial charge in [0.1, 0.15) is 0 Å². The number of nitrogen functional groups attached to an aromatic ring is 1. The van der Waals surface area contributed by atoms with Crippen LogP contribution in [0.5, 0.6) is 5.75 Å². The van der Waals surface area contributed by atoms with Gasteiger partial charge in [-0.2, -0.15) is 0 Å². The summed E-state index contributed by atoms with van der Waals surface area (Å²) in [6, 6.07) is 9.24. The third-order valence-electron chi connectivity index (χ3n) is 3.03. The first-order valence-corrected chi connectivity index (χ1v) is 5.78. The van der Waals surface area contributed by atoms with Gasteiger partial charge >= 0.3 is 0 Å². The topological polar surface area (TPSA) is 52.3 Å². The average Bonchev–Trinajstić information content (AvgIpc) is 2.41. The molecule has 0 heterocycles. The Kier molecular flexibility index (Phi) is 3.51. The Morgan fingerprint density at radius 1 is 1.26 bits per heavy atom. The van der Waals surface area contributed by atoms with E-state index in [9.17, 15) is 9.18 Å². The highest BCUT2D eigenvalue weighted by Gasteiger charge is 2.15. The van der Waals surface area contributed by atoms with Crippen molar-refractivity contribution >= 4 is 11.5 Å². The number of hydrogen-bond acceptors (Lipinski definition) is 3. The molecule has 0 saturated heterocycles. The molecule has 0 spiro atoms. The summed E-state index contributed by atoms with van der Waals surface area (Å²) < 4.78 is 18.4. The second kappa shape index (κ2) is 5.10. The number of carbonyl (C=O) groups is 1. The number of ketones is 1. The lowest BCUT2D eigenvalue weighted by Gasteiger charge is -2.08. The molecule has 2 rings (SSSR count). The van der Waals surface area contributed by atoms with Crippen molar-refractivity contribution in [3.63, 3.8) is 0 Å². The number of methoxy groups -OCH3 is 1. The summed E-state index contributed by atoms with van der Waals surface area (Å²) in [5, 5.41) is 0. The molecule has 0 aliphatic carbocycles. The highest BCUT2D eigenvalue weighted by molar-refractivity contribution is 6.10. The predicted molar refractivity (Wildman–Crippen MR) is 72.0 cm³/mol. The molecule has 0 aliphatic rings. The van der Waals surface area contributed by atoms with Gasteiger partial charge in [0.15, 0.2) is 17.3 Å². The summed E-state index contributed by atoms with van der Waals surface area (Å²) in [6.07, 6.45) is 0. The quantitative estimate of drug-likeness (QED) is 0.681. The molecule has 3 nitrogen and oxygen atoms in total. The molecular formula is C15H14FNO2. The van der Waals surface area contributed by atoms with Gasteiger partial charge in [0.2, 0.25) is 0 Å². The van der Waals surface area contributed by atoms with Gasteiger partial charge < -0.3 is 10.5 Å². The maximum atomic E-state index is 13.6. The molecule has 0 fully saturated rings. The Hall–Kier alpha value is -2.36. The summed E-state index contributed by atoms with van der Waals surface area (Å²) in [6.45, 7) is 1.77. The van der Waals surface area contributed by atoms with Gasteiger partial charge in [-0.05, 0) is 36.8 Å². The molecule has 0 saturated carbocycles. The van der Waals surface area contributed by atoms with Gasteiger partial charge in [0.05, 0.1) is 7.11 Å². The van der Waals surface area contributed by atoms with Crippen molar-refractivity contribution in [3.8, 4) is 5.75 Å². The summed E-state index contributed by atoms with van der Waals surface area (Å²) in [7, 11) is 1.38. The minimum absolute atomic E-state index is 0.112. The summed E-state index contributed by atoms with van der Waals surface area (Å²) >= 11 is 0. The minimum Gasteiger partial charge on any atom is -0.494 e. The molecule has 0 bridgehead atoms. The molecule has 19 heavy (non-hydrogen) atoms. The van der Waals surface area contributed by atoms with Crippen LogP contribution in [0.4, 0.5) is 10.1 Å². The second-order valence-electron chi connectivity index (χ2n) is 4.20. The zero-order chi connectivity index (χ0) is 14.0. The van der Waals surface area contributed by atoms with Crippen LogP contribution in [0, 0.1) is 12.7 Å². The normalized spacial score (nSPS) is 10.3. The number of nitrogens with two attached hydrogens (primary N) is 1. The fourth-order valence-corrected chi connectivity index (χ4v) is 1.86. The molecule has 0 radical (unpaired) electrons. The van der Waals surface area contributed by atoms with Crippen LogP contribution in [-0.4, -0.2) is 12.9 Å². The standard InChI is InChI=1S/C15H14FNO2/c1-9-11(4-3-5-13(9)17)15(18)10-6-7-14(19-2)12(16)8-10/h3-8H,17H2,1-2H3. The zero-order valence-electron chi connectivity index (χ0n) is 10.7. The molecule has 2 aromatic carbocycles. The van der Waals surface area contributed by atoms with Crippen LogP contribution in [0.15, 0.2) is 36.4 Å². The molecule has 98 valence electrons. The SMILES string of the molecule is COc1ccc(C(=O)c2cccc(N)c2C)cc1F. The molecule has 0 unspecified atom stereocenters. The Labute approximate surface area is 110 Å². The largest absolute Gasteiger partial charge is 0.494 e. The molecular weight excluding hydrogens is 245 g/mol. The highest BCUT2D eigenvalue weighted by Crippen LogP contribution is 2.22. The van der Waals surface area contributed by atoms with Crippen LogP contribution < -0.4 is 10.5 Å². The van der Waals surface area contributed by atoms with Crippen molar-refractivity contribution in [3.05, 3.63) is 58.9 Å². The Balaban J connectivity index is 2.44. The van der Waals surface area contributed by atoms with E-state index in [1.807, 2.05) is 0 Å². The van der Waals surface area contributed by atoms with Gasteiger partial charge in [-0.25, -0.2) is 4.39 Å². The molecule has 0 aliphatic heterocycles. The van der Waals surface area contributed by atoms with Crippen molar-refractivity contribution in [2.45, 2.75) is 6.92 Å². The van der Waals surface area contributed by atoms with Gasteiger partial charge in [-0.15, -0.1) is 0 Å². The van der Waals surface area contributed by atoms with Crippen LogP contribution in [-0.2, 0) is 0 Å². The number of halogens is 1. The number of benzene rings is 2. The highest BCUT2D eigenvalue weighted by atomic mass is 19.1. The fourth-order valence-electron chi connectivity index (χ4n) is 1.86. The Bertz CT molecular complexity index is 638. The fraction of sp³-hybridized carbons (Fsp3) is 0.133. The number of rotatable bonds is 3. The lowest BCUT2D eigenvalue weighted by atomic mass is 9.98. The molecule has 2 N–H and O–H groups in total. The van der Waals surface area contributed by atoms with Gasteiger partial charge in [-0.3, -0.25) is 4.79 Å². The summed E-state index contributed by atoms with van der Waals surface area (Å²) in [5.41, 5.74) is 7.75. The van der Waals surface area contributed by atoms with Crippen LogP contribution in [0.1, 0.15) is 21.5 Å². The van der Waals surface area contributed by atoms with E-state index in [0.717, 1.165) is 0 Å². The smallest absolute Gasteiger partial charge is 0.193 e. The maximum absolute atomic E-state index is 13.6. The van der Waals surface area contributed by atoms with Gasteiger partial charge in [0, 0.05) is 16.8 Å².